The van der Waals surface area contributed by atoms with Crippen molar-refractivity contribution in [3.05, 3.63) is 35.9 Å². The summed E-state index contributed by atoms with van der Waals surface area (Å²) in [7, 11) is 0. The average molecular weight is 334 g/mol. The van der Waals surface area contributed by atoms with Gasteiger partial charge in [-0.15, -0.1) is 0 Å². The van der Waals surface area contributed by atoms with E-state index in [1.165, 1.54) is 0 Å². The summed E-state index contributed by atoms with van der Waals surface area (Å²) in [5.41, 5.74) is 0.997. The van der Waals surface area contributed by atoms with E-state index in [0.29, 0.717) is 6.04 Å². The molecule has 0 radical (unpaired) electrons. The molecule has 2 saturated heterocycles. The Kier molecular flexibility index (Phi) is 7.05. The molecule has 2 unspecified atom stereocenters. The molecule has 1 N–H and O–H groups in total. The van der Waals surface area contributed by atoms with E-state index in [4.69, 9.17) is 9.47 Å². The Morgan fingerprint density at radius 2 is 1.75 bits per heavy atom. The smallest absolute Gasteiger partial charge is 0.0805 e. The van der Waals surface area contributed by atoms with Crippen LogP contribution in [0.25, 0.3) is 0 Å². The van der Waals surface area contributed by atoms with Gasteiger partial charge in [-0.2, -0.15) is 0 Å². The number of ether oxygens (including phenoxy) is 2. The maximum Gasteiger partial charge on any atom is 0.0805 e. The Hall–Kier alpha value is -0.980. The summed E-state index contributed by atoms with van der Waals surface area (Å²) in [5, 5.41) is 10.5. The van der Waals surface area contributed by atoms with Crippen LogP contribution in [-0.2, 0) is 9.47 Å². The number of benzene rings is 1. The van der Waals surface area contributed by atoms with Gasteiger partial charge in [-0.05, 0) is 31.5 Å². The minimum atomic E-state index is -0.417. The fraction of sp³-hybridized carbons (Fsp3) is 0.684. The second-order valence-corrected chi connectivity index (χ2v) is 6.73. The summed E-state index contributed by atoms with van der Waals surface area (Å²) in [6.45, 7) is 8.54. The van der Waals surface area contributed by atoms with E-state index in [1.54, 1.807) is 0 Å². The fourth-order valence-corrected chi connectivity index (χ4v) is 3.59. The molecule has 0 aromatic heterocycles. The third kappa shape index (κ3) is 5.26. The van der Waals surface area contributed by atoms with Crippen LogP contribution in [-0.4, -0.2) is 80.1 Å². The van der Waals surface area contributed by atoms with Gasteiger partial charge in [0.05, 0.1) is 32.5 Å². The molecular formula is C19H30N2O3. The van der Waals surface area contributed by atoms with Gasteiger partial charge in [-0.1, -0.05) is 30.3 Å². The molecule has 1 aromatic rings. The zero-order chi connectivity index (χ0) is 16.6. The molecule has 0 amide bonds. The van der Waals surface area contributed by atoms with Crippen LogP contribution in [0.4, 0.5) is 0 Å². The first kappa shape index (κ1) is 17.8. The van der Waals surface area contributed by atoms with Gasteiger partial charge in [0.2, 0.25) is 0 Å². The van der Waals surface area contributed by atoms with Crippen LogP contribution in [0.1, 0.15) is 24.5 Å². The standard InChI is InChI=1S/C19H30N2O3/c22-19(17-5-2-1-3-6-17)15-18-16-24-14-11-21(18)8-4-7-20-9-12-23-13-10-20/h1-3,5-6,18-19,22H,4,7-16H2. The van der Waals surface area contributed by atoms with Gasteiger partial charge >= 0.3 is 0 Å². The highest BCUT2D eigenvalue weighted by molar-refractivity contribution is 5.17. The van der Waals surface area contributed by atoms with Crippen molar-refractivity contribution < 1.29 is 14.6 Å². The Bertz CT molecular complexity index is 465. The van der Waals surface area contributed by atoms with Gasteiger partial charge in [0.15, 0.2) is 0 Å². The quantitative estimate of drug-likeness (QED) is 0.819. The summed E-state index contributed by atoms with van der Waals surface area (Å²) >= 11 is 0. The number of rotatable bonds is 7. The molecule has 134 valence electrons. The topological polar surface area (TPSA) is 45.2 Å². The van der Waals surface area contributed by atoms with Crippen molar-refractivity contribution >= 4 is 0 Å². The van der Waals surface area contributed by atoms with Crippen molar-refractivity contribution in [1.82, 2.24) is 9.80 Å². The van der Waals surface area contributed by atoms with E-state index >= 15 is 0 Å². The van der Waals surface area contributed by atoms with E-state index in [2.05, 4.69) is 9.80 Å². The van der Waals surface area contributed by atoms with Crippen LogP contribution in [0.5, 0.6) is 0 Å². The Labute approximate surface area is 145 Å². The largest absolute Gasteiger partial charge is 0.388 e. The lowest BCUT2D eigenvalue weighted by Gasteiger charge is -2.37. The number of hydrogen-bond acceptors (Lipinski definition) is 5. The van der Waals surface area contributed by atoms with Crippen molar-refractivity contribution in [3.8, 4) is 0 Å². The fourth-order valence-electron chi connectivity index (χ4n) is 3.59. The first-order chi connectivity index (χ1) is 11.8. The summed E-state index contributed by atoms with van der Waals surface area (Å²) in [5.74, 6) is 0. The van der Waals surface area contributed by atoms with Crippen LogP contribution in [0, 0.1) is 0 Å². The van der Waals surface area contributed by atoms with Crippen LogP contribution < -0.4 is 0 Å². The zero-order valence-electron chi connectivity index (χ0n) is 14.5. The Balaban J connectivity index is 1.46. The molecule has 24 heavy (non-hydrogen) atoms. The van der Waals surface area contributed by atoms with Crippen molar-refractivity contribution in [3.63, 3.8) is 0 Å². The van der Waals surface area contributed by atoms with Gasteiger partial charge in [-0.3, -0.25) is 9.80 Å². The molecule has 3 rings (SSSR count). The monoisotopic (exact) mass is 334 g/mol. The minimum absolute atomic E-state index is 0.304. The Morgan fingerprint density at radius 3 is 2.54 bits per heavy atom. The average Bonchev–Trinajstić information content (AvgIpc) is 2.65. The van der Waals surface area contributed by atoms with Crippen molar-refractivity contribution in [1.29, 1.82) is 0 Å². The highest BCUT2D eigenvalue weighted by atomic mass is 16.5. The lowest BCUT2D eigenvalue weighted by Crippen LogP contribution is -2.47. The summed E-state index contributed by atoms with van der Waals surface area (Å²) in [4.78, 5) is 4.98. The second kappa shape index (κ2) is 9.49. The van der Waals surface area contributed by atoms with Crippen molar-refractivity contribution in [2.45, 2.75) is 25.0 Å². The molecule has 0 spiro atoms. The van der Waals surface area contributed by atoms with E-state index in [9.17, 15) is 5.11 Å². The maximum atomic E-state index is 10.5. The third-order valence-corrected chi connectivity index (χ3v) is 5.05. The molecule has 0 bridgehead atoms. The number of aliphatic hydroxyl groups is 1. The SMILES string of the molecule is OC(CC1COCCN1CCCN1CCOCC1)c1ccccc1. The van der Waals surface area contributed by atoms with Crippen LogP contribution >= 0.6 is 0 Å². The molecule has 5 heteroatoms. The van der Waals surface area contributed by atoms with Gasteiger partial charge < -0.3 is 14.6 Å². The van der Waals surface area contributed by atoms with E-state index in [-0.39, 0.29) is 0 Å². The van der Waals surface area contributed by atoms with Gasteiger partial charge in [0.1, 0.15) is 0 Å². The third-order valence-electron chi connectivity index (χ3n) is 5.05. The van der Waals surface area contributed by atoms with Crippen molar-refractivity contribution in [2.75, 3.05) is 59.2 Å². The molecule has 2 fully saturated rings. The molecule has 0 saturated carbocycles. The van der Waals surface area contributed by atoms with Crippen LogP contribution in [0.2, 0.25) is 0 Å². The molecule has 2 atom stereocenters. The maximum absolute atomic E-state index is 10.5. The highest BCUT2D eigenvalue weighted by Crippen LogP contribution is 2.22. The molecule has 5 nitrogen and oxygen atoms in total. The Morgan fingerprint density at radius 1 is 1.00 bits per heavy atom. The first-order valence-electron chi connectivity index (χ1n) is 9.18. The number of nitrogens with zero attached hydrogens (tertiary/aromatic N) is 2. The lowest BCUT2D eigenvalue weighted by atomic mass is 10.0. The summed E-state index contributed by atoms with van der Waals surface area (Å²) in [6, 6.07) is 10.2. The van der Waals surface area contributed by atoms with Gasteiger partial charge in [0.25, 0.3) is 0 Å². The van der Waals surface area contributed by atoms with Crippen molar-refractivity contribution in [2.24, 2.45) is 0 Å². The zero-order valence-corrected chi connectivity index (χ0v) is 14.5. The van der Waals surface area contributed by atoms with E-state index in [0.717, 1.165) is 77.6 Å². The normalized spacial score (nSPS) is 24.8. The van der Waals surface area contributed by atoms with Gasteiger partial charge in [-0.25, -0.2) is 0 Å². The van der Waals surface area contributed by atoms with Crippen LogP contribution in [0.15, 0.2) is 30.3 Å². The highest BCUT2D eigenvalue weighted by Gasteiger charge is 2.25. The minimum Gasteiger partial charge on any atom is -0.388 e. The predicted molar refractivity (Wildman–Crippen MR) is 94.1 cm³/mol. The predicted octanol–water partition coefficient (Wildman–Crippen LogP) is 1.53. The van der Waals surface area contributed by atoms with Crippen LogP contribution in [0.3, 0.4) is 0 Å². The second-order valence-electron chi connectivity index (χ2n) is 6.73. The molecule has 2 aliphatic rings. The number of morpholine rings is 2. The number of hydrogen-bond donors (Lipinski definition) is 1. The summed E-state index contributed by atoms with van der Waals surface area (Å²) in [6.07, 6.45) is 1.49. The lowest BCUT2D eigenvalue weighted by molar-refractivity contribution is -0.0285. The number of aliphatic hydroxyl groups excluding tert-OH is 1. The van der Waals surface area contributed by atoms with Gasteiger partial charge in [0, 0.05) is 25.7 Å². The molecule has 2 heterocycles. The first-order valence-corrected chi connectivity index (χ1v) is 9.18. The summed E-state index contributed by atoms with van der Waals surface area (Å²) < 4.78 is 11.1. The molecule has 2 aliphatic heterocycles. The molecule has 1 aromatic carbocycles. The van der Waals surface area contributed by atoms with E-state index in [1.807, 2.05) is 30.3 Å². The molecule has 0 aliphatic carbocycles. The molecular weight excluding hydrogens is 304 g/mol. The van der Waals surface area contributed by atoms with E-state index < -0.39 is 6.10 Å².